The fourth-order valence-corrected chi connectivity index (χ4v) is 4.02. The minimum absolute atomic E-state index is 0.0480. The van der Waals surface area contributed by atoms with Gasteiger partial charge in [0.15, 0.2) is 5.16 Å². The molecule has 35 heavy (non-hydrogen) atoms. The molecule has 0 saturated heterocycles. The fourth-order valence-electron chi connectivity index (χ4n) is 3.29. The zero-order chi connectivity index (χ0) is 25.5. The predicted molar refractivity (Wildman–Crippen MR) is 138 cm³/mol. The van der Waals surface area contributed by atoms with E-state index in [1.165, 1.54) is 11.8 Å². The Morgan fingerprint density at radius 3 is 2.34 bits per heavy atom. The predicted octanol–water partition coefficient (Wildman–Crippen LogP) is 3.48. The van der Waals surface area contributed by atoms with E-state index in [-0.39, 0.29) is 35.9 Å². The Balaban J connectivity index is 1.50. The molecule has 0 unspecified atom stereocenters. The van der Waals surface area contributed by atoms with Crippen LogP contribution in [0.15, 0.2) is 47.6 Å². The number of carbonyl (C=O) groups excluding carboxylic acids is 3. The second kappa shape index (κ2) is 11.7. The van der Waals surface area contributed by atoms with Gasteiger partial charge in [-0.25, -0.2) is 0 Å². The summed E-state index contributed by atoms with van der Waals surface area (Å²) in [6.45, 7) is 7.74. The summed E-state index contributed by atoms with van der Waals surface area (Å²) < 4.78 is 1.71. The Labute approximate surface area is 209 Å². The van der Waals surface area contributed by atoms with Crippen LogP contribution in [0.1, 0.15) is 41.2 Å². The summed E-state index contributed by atoms with van der Waals surface area (Å²) in [7, 11) is 1.76. The molecule has 0 aliphatic rings. The van der Waals surface area contributed by atoms with Crippen LogP contribution in [0.5, 0.6) is 0 Å². The van der Waals surface area contributed by atoms with E-state index in [0.29, 0.717) is 22.2 Å². The number of hydrogen-bond donors (Lipinski definition) is 3. The molecule has 10 heteroatoms. The first kappa shape index (κ1) is 26.0. The first-order chi connectivity index (χ1) is 16.6. The van der Waals surface area contributed by atoms with Gasteiger partial charge in [-0.3, -0.25) is 14.4 Å². The maximum atomic E-state index is 12.5. The number of thioether (sulfide) groups is 1. The number of nitrogens with one attached hydrogen (secondary N) is 3. The highest BCUT2D eigenvalue weighted by Crippen LogP contribution is 2.19. The van der Waals surface area contributed by atoms with Crippen molar-refractivity contribution in [2.75, 3.05) is 16.4 Å². The third-order valence-electron chi connectivity index (χ3n) is 5.08. The van der Waals surface area contributed by atoms with Crippen molar-refractivity contribution in [3.05, 3.63) is 65.0 Å². The number of aromatic nitrogens is 3. The summed E-state index contributed by atoms with van der Waals surface area (Å²) in [6.07, 6.45) is 0.0698. The quantitative estimate of drug-likeness (QED) is 0.392. The molecule has 0 spiro atoms. The van der Waals surface area contributed by atoms with Gasteiger partial charge in [-0.1, -0.05) is 29.5 Å². The van der Waals surface area contributed by atoms with Crippen molar-refractivity contribution in [1.82, 2.24) is 20.1 Å². The number of anilines is 2. The second-order valence-electron chi connectivity index (χ2n) is 8.54. The molecule has 0 saturated carbocycles. The molecule has 3 N–H and O–H groups in total. The van der Waals surface area contributed by atoms with Crippen LogP contribution in [0, 0.1) is 13.8 Å². The van der Waals surface area contributed by atoms with Crippen molar-refractivity contribution in [2.24, 2.45) is 7.05 Å². The molecule has 184 valence electrons. The number of aryl methyl sites for hydroxylation is 2. The second-order valence-corrected chi connectivity index (χ2v) is 9.49. The lowest BCUT2D eigenvalue weighted by molar-refractivity contribution is -0.116. The van der Waals surface area contributed by atoms with Crippen molar-refractivity contribution < 1.29 is 14.4 Å². The van der Waals surface area contributed by atoms with Gasteiger partial charge in [0.05, 0.1) is 12.2 Å². The van der Waals surface area contributed by atoms with E-state index in [1.807, 2.05) is 45.9 Å². The highest BCUT2D eigenvalue weighted by atomic mass is 32.2. The van der Waals surface area contributed by atoms with E-state index in [1.54, 1.807) is 35.9 Å². The topological polar surface area (TPSA) is 118 Å². The molecule has 0 aliphatic carbocycles. The van der Waals surface area contributed by atoms with Crippen LogP contribution in [0.25, 0.3) is 0 Å². The van der Waals surface area contributed by atoms with Crippen molar-refractivity contribution in [3.63, 3.8) is 0 Å². The summed E-state index contributed by atoms with van der Waals surface area (Å²) in [5, 5.41) is 17.3. The van der Waals surface area contributed by atoms with E-state index in [0.717, 1.165) is 16.8 Å². The van der Waals surface area contributed by atoms with Crippen molar-refractivity contribution in [2.45, 2.75) is 45.3 Å². The maximum Gasteiger partial charge on any atom is 0.251 e. The molecule has 0 bridgehead atoms. The molecule has 1 heterocycles. The molecule has 0 radical (unpaired) electrons. The lowest BCUT2D eigenvalue weighted by atomic mass is 10.1. The van der Waals surface area contributed by atoms with Crippen molar-refractivity contribution in [1.29, 1.82) is 0 Å². The molecule has 0 aliphatic heterocycles. The van der Waals surface area contributed by atoms with Gasteiger partial charge >= 0.3 is 0 Å². The third kappa shape index (κ3) is 7.41. The van der Waals surface area contributed by atoms with Crippen LogP contribution < -0.4 is 16.0 Å². The van der Waals surface area contributed by atoms with Gasteiger partial charge in [-0.2, -0.15) is 0 Å². The zero-order valence-electron chi connectivity index (χ0n) is 20.5. The van der Waals surface area contributed by atoms with Crippen LogP contribution in [0.2, 0.25) is 0 Å². The van der Waals surface area contributed by atoms with E-state index in [2.05, 4.69) is 26.1 Å². The lowest BCUT2D eigenvalue weighted by Gasteiger charge is -2.10. The Hall–Kier alpha value is -3.66. The molecule has 0 atom stereocenters. The normalized spacial score (nSPS) is 10.8. The van der Waals surface area contributed by atoms with Gasteiger partial charge in [0.2, 0.25) is 11.8 Å². The zero-order valence-corrected chi connectivity index (χ0v) is 21.3. The van der Waals surface area contributed by atoms with E-state index < -0.39 is 0 Å². The molecule has 1 aromatic heterocycles. The molecular formula is C25H30N6O3S. The van der Waals surface area contributed by atoms with Crippen LogP contribution in [-0.4, -0.2) is 44.3 Å². The first-order valence-corrected chi connectivity index (χ1v) is 12.2. The number of rotatable bonds is 9. The standard InChI is InChI=1S/C25H30N6O3S/c1-15(2)26-24(34)18-7-9-19(10-8-18)27-23(33)14-35-25-30-29-21(31(25)5)13-22(32)28-20-11-6-16(3)12-17(20)4/h6-12,15H,13-14H2,1-5H3,(H,26,34)(H,27,33)(H,28,32). The minimum Gasteiger partial charge on any atom is -0.350 e. The smallest absolute Gasteiger partial charge is 0.251 e. The number of nitrogens with zero attached hydrogens (tertiary/aromatic N) is 3. The van der Waals surface area contributed by atoms with Gasteiger partial charge in [0.25, 0.3) is 5.91 Å². The van der Waals surface area contributed by atoms with E-state index >= 15 is 0 Å². The highest BCUT2D eigenvalue weighted by molar-refractivity contribution is 7.99. The average molecular weight is 495 g/mol. The molecule has 3 amide bonds. The van der Waals surface area contributed by atoms with Gasteiger partial charge in [0, 0.05) is 30.0 Å². The largest absolute Gasteiger partial charge is 0.350 e. The number of amides is 3. The molecule has 0 fully saturated rings. The van der Waals surface area contributed by atoms with Crippen molar-refractivity contribution in [3.8, 4) is 0 Å². The van der Waals surface area contributed by atoms with Crippen molar-refractivity contribution >= 4 is 40.9 Å². The Bertz CT molecular complexity index is 1220. The van der Waals surface area contributed by atoms with Crippen LogP contribution >= 0.6 is 11.8 Å². The monoisotopic (exact) mass is 494 g/mol. The molecular weight excluding hydrogens is 464 g/mol. The average Bonchev–Trinajstić information content (AvgIpc) is 3.13. The molecule has 9 nitrogen and oxygen atoms in total. The lowest BCUT2D eigenvalue weighted by Crippen LogP contribution is -2.30. The fraction of sp³-hybridized carbons (Fsp3) is 0.320. The van der Waals surface area contributed by atoms with Crippen LogP contribution in [0.4, 0.5) is 11.4 Å². The van der Waals surface area contributed by atoms with Gasteiger partial charge in [-0.15, -0.1) is 10.2 Å². The van der Waals surface area contributed by atoms with Crippen LogP contribution in [-0.2, 0) is 23.1 Å². The van der Waals surface area contributed by atoms with Gasteiger partial charge < -0.3 is 20.5 Å². The third-order valence-corrected chi connectivity index (χ3v) is 6.10. The van der Waals surface area contributed by atoms with Gasteiger partial charge in [0.1, 0.15) is 5.82 Å². The minimum atomic E-state index is -0.216. The Morgan fingerprint density at radius 1 is 0.971 bits per heavy atom. The number of hydrogen-bond acceptors (Lipinski definition) is 6. The SMILES string of the molecule is Cc1ccc(NC(=O)Cc2nnc(SCC(=O)Nc3ccc(C(=O)NC(C)C)cc3)n2C)c(C)c1. The Kier molecular flexibility index (Phi) is 8.64. The summed E-state index contributed by atoms with van der Waals surface area (Å²) in [6, 6.07) is 12.6. The Morgan fingerprint density at radius 2 is 1.69 bits per heavy atom. The first-order valence-electron chi connectivity index (χ1n) is 11.2. The summed E-state index contributed by atoms with van der Waals surface area (Å²) in [5.74, 6) is 0.0643. The molecule has 2 aromatic carbocycles. The summed E-state index contributed by atoms with van der Waals surface area (Å²) in [5.41, 5.74) is 4.01. The van der Waals surface area contributed by atoms with Gasteiger partial charge in [-0.05, 0) is 63.6 Å². The highest BCUT2D eigenvalue weighted by Gasteiger charge is 2.15. The van der Waals surface area contributed by atoms with Crippen LogP contribution in [0.3, 0.4) is 0 Å². The van der Waals surface area contributed by atoms with E-state index in [4.69, 9.17) is 0 Å². The molecule has 3 aromatic rings. The number of benzene rings is 2. The van der Waals surface area contributed by atoms with E-state index in [9.17, 15) is 14.4 Å². The summed E-state index contributed by atoms with van der Waals surface area (Å²) in [4.78, 5) is 36.9. The maximum absolute atomic E-state index is 12.5. The number of carbonyl (C=O) groups is 3. The molecule has 3 rings (SSSR count). The summed E-state index contributed by atoms with van der Waals surface area (Å²) >= 11 is 1.23.